The van der Waals surface area contributed by atoms with E-state index in [2.05, 4.69) is 44.8 Å². The first-order chi connectivity index (χ1) is 8.59. The van der Waals surface area contributed by atoms with Gasteiger partial charge in [0.25, 0.3) is 0 Å². The van der Waals surface area contributed by atoms with Gasteiger partial charge in [-0.1, -0.05) is 39.0 Å². The van der Waals surface area contributed by atoms with Gasteiger partial charge in [-0.2, -0.15) is 0 Å². The SMILES string of the molecule is CCCCCCCCNCCN(C(C)C)C(C)C. The maximum absolute atomic E-state index is 3.57. The Morgan fingerprint density at radius 3 is 1.89 bits per heavy atom. The minimum atomic E-state index is 0.654. The summed E-state index contributed by atoms with van der Waals surface area (Å²) >= 11 is 0. The molecule has 0 unspecified atom stereocenters. The van der Waals surface area contributed by atoms with Crippen LogP contribution in [0.2, 0.25) is 0 Å². The summed E-state index contributed by atoms with van der Waals surface area (Å²) in [4.78, 5) is 2.55. The Labute approximate surface area is 116 Å². The van der Waals surface area contributed by atoms with Crippen LogP contribution in [0, 0.1) is 0 Å². The fourth-order valence-electron chi connectivity index (χ4n) is 2.48. The number of unbranched alkanes of at least 4 members (excludes halogenated alkanes) is 5. The van der Waals surface area contributed by atoms with Crippen molar-refractivity contribution in [3.8, 4) is 0 Å². The lowest BCUT2D eigenvalue weighted by Gasteiger charge is -2.30. The molecule has 0 bridgehead atoms. The number of rotatable bonds is 12. The molecular weight excluding hydrogens is 220 g/mol. The molecule has 0 aromatic rings. The molecule has 0 aliphatic heterocycles. The average molecular weight is 256 g/mol. The maximum Gasteiger partial charge on any atom is 0.0112 e. The van der Waals surface area contributed by atoms with Gasteiger partial charge in [-0.25, -0.2) is 0 Å². The molecule has 0 radical (unpaired) electrons. The van der Waals surface area contributed by atoms with E-state index in [-0.39, 0.29) is 0 Å². The topological polar surface area (TPSA) is 15.3 Å². The largest absolute Gasteiger partial charge is 0.315 e. The quantitative estimate of drug-likeness (QED) is 0.530. The van der Waals surface area contributed by atoms with Crippen LogP contribution in [0.25, 0.3) is 0 Å². The highest BCUT2D eigenvalue weighted by Crippen LogP contribution is 2.05. The van der Waals surface area contributed by atoms with Gasteiger partial charge < -0.3 is 5.32 Å². The lowest BCUT2D eigenvalue weighted by atomic mass is 10.1. The van der Waals surface area contributed by atoms with E-state index in [9.17, 15) is 0 Å². The van der Waals surface area contributed by atoms with Crippen LogP contribution >= 0.6 is 0 Å². The van der Waals surface area contributed by atoms with Crippen LogP contribution in [0.5, 0.6) is 0 Å². The van der Waals surface area contributed by atoms with Crippen molar-refractivity contribution < 1.29 is 0 Å². The standard InChI is InChI=1S/C16H36N2/c1-6-7-8-9-10-11-12-17-13-14-18(15(2)3)16(4)5/h15-17H,6-14H2,1-5H3. The first-order valence-electron chi connectivity index (χ1n) is 8.06. The van der Waals surface area contributed by atoms with E-state index in [1.807, 2.05) is 0 Å². The molecule has 110 valence electrons. The Bertz CT molecular complexity index is 158. The van der Waals surface area contributed by atoms with Crippen LogP contribution in [0.4, 0.5) is 0 Å². The second-order valence-corrected chi connectivity index (χ2v) is 5.94. The Hall–Kier alpha value is -0.0800. The summed E-state index contributed by atoms with van der Waals surface area (Å²) in [5.41, 5.74) is 0. The summed E-state index contributed by atoms with van der Waals surface area (Å²) < 4.78 is 0. The average Bonchev–Trinajstić information content (AvgIpc) is 2.30. The number of hydrogen-bond donors (Lipinski definition) is 1. The van der Waals surface area contributed by atoms with Gasteiger partial charge in [-0.05, 0) is 40.7 Å². The molecule has 0 aromatic heterocycles. The summed E-state index contributed by atoms with van der Waals surface area (Å²) in [7, 11) is 0. The molecule has 0 spiro atoms. The third-order valence-corrected chi connectivity index (χ3v) is 3.58. The monoisotopic (exact) mass is 256 g/mol. The van der Waals surface area contributed by atoms with Gasteiger partial charge in [0, 0.05) is 25.2 Å². The molecule has 0 aromatic carbocycles. The lowest BCUT2D eigenvalue weighted by molar-refractivity contribution is 0.176. The minimum Gasteiger partial charge on any atom is -0.315 e. The number of nitrogens with zero attached hydrogens (tertiary/aromatic N) is 1. The van der Waals surface area contributed by atoms with Gasteiger partial charge in [0.15, 0.2) is 0 Å². The Morgan fingerprint density at radius 2 is 1.33 bits per heavy atom. The molecule has 0 saturated carbocycles. The van der Waals surface area contributed by atoms with Crippen molar-refractivity contribution in [1.82, 2.24) is 10.2 Å². The van der Waals surface area contributed by atoms with Crippen LogP contribution in [0.1, 0.15) is 73.1 Å². The van der Waals surface area contributed by atoms with E-state index in [1.54, 1.807) is 0 Å². The van der Waals surface area contributed by atoms with Gasteiger partial charge in [0.2, 0.25) is 0 Å². The third-order valence-electron chi connectivity index (χ3n) is 3.58. The molecule has 0 atom stereocenters. The molecule has 0 aliphatic carbocycles. The second kappa shape index (κ2) is 12.0. The van der Waals surface area contributed by atoms with Crippen molar-refractivity contribution in [2.24, 2.45) is 0 Å². The zero-order chi connectivity index (χ0) is 13.8. The van der Waals surface area contributed by atoms with Crippen molar-refractivity contribution in [2.45, 2.75) is 85.2 Å². The zero-order valence-electron chi connectivity index (χ0n) is 13.5. The molecule has 18 heavy (non-hydrogen) atoms. The maximum atomic E-state index is 3.57. The van der Waals surface area contributed by atoms with Crippen LogP contribution in [0.3, 0.4) is 0 Å². The summed E-state index contributed by atoms with van der Waals surface area (Å²) in [5, 5.41) is 3.57. The summed E-state index contributed by atoms with van der Waals surface area (Å²) in [5.74, 6) is 0. The zero-order valence-corrected chi connectivity index (χ0v) is 13.5. The van der Waals surface area contributed by atoms with Gasteiger partial charge in [0.05, 0.1) is 0 Å². The van der Waals surface area contributed by atoms with Crippen LogP contribution in [0.15, 0.2) is 0 Å². The predicted octanol–water partition coefficient (Wildman–Crippen LogP) is 4.06. The molecule has 0 amide bonds. The van der Waals surface area contributed by atoms with Crippen molar-refractivity contribution in [3.05, 3.63) is 0 Å². The highest BCUT2D eigenvalue weighted by molar-refractivity contribution is 4.68. The van der Waals surface area contributed by atoms with E-state index in [0.29, 0.717) is 12.1 Å². The highest BCUT2D eigenvalue weighted by Gasteiger charge is 2.11. The first kappa shape index (κ1) is 17.9. The van der Waals surface area contributed by atoms with Crippen molar-refractivity contribution >= 4 is 0 Å². The van der Waals surface area contributed by atoms with Crippen molar-refractivity contribution in [3.63, 3.8) is 0 Å². The van der Waals surface area contributed by atoms with Crippen LogP contribution < -0.4 is 5.32 Å². The fraction of sp³-hybridized carbons (Fsp3) is 1.00. The molecule has 0 rings (SSSR count). The van der Waals surface area contributed by atoms with Crippen LogP contribution in [-0.4, -0.2) is 36.6 Å². The Kier molecular flexibility index (Phi) is 11.9. The van der Waals surface area contributed by atoms with Gasteiger partial charge >= 0.3 is 0 Å². The summed E-state index contributed by atoms with van der Waals surface area (Å²) in [6, 6.07) is 1.31. The van der Waals surface area contributed by atoms with E-state index < -0.39 is 0 Å². The van der Waals surface area contributed by atoms with Gasteiger partial charge in [-0.15, -0.1) is 0 Å². The molecule has 2 nitrogen and oxygen atoms in total. The smallest absolute Gasteiger partial charge is 0.0112 e. The van der Waals surface area contributed by atoms with Crippen molar-refractivity contribution in [1.29, 1.82) is 0 Å². The fourth-order valence-corrected chi connectivity index (χ4v) is 2.48. The molecular formula is C16H36N2. The Balaban J connectivity index is 3.33. The lowest BCUT2D eigenvalue weighted by Crippen LogP contribution is -2.41. The predicted molar refractivity (Wildman–Crippen MR) is 83.2 cm³/mol. The second-order valence-electron chi connectivity index (χ2n) is 5.94. The molecule has 0 fully saturated rings. The van der Waals surface area contributed by atoms with E-state index >= 15 is 0 Å². The highest BCUT2D eigenvalue weighted by atomic mass is 15.2. The van der Waals surface area contributed by atoms with E-state index in [4.69, 9.17) is 0 Å². The van der Waals surface area contributed by atoms with Gasteiger partial charge in [-0.3, -0.25) is 4.90 Å². The number of hydrogen-bond acceptors (Lipinski definition) is 2. The first-order valence-corrected chi connectivity index (χ1v) is 8.06. The molecule has 0 aliphatic rings. The molecule has 2 heteroatoms. The normalized spacial score (nSPS) is 12.0. The van der Waals surface area contributed by atoms with Crippen molar-refractivity contribution in [2.75, 3.05) is 19.6 Å². The summed E-state index contributed by atoms with van der Waals surface area (Å²) in [6.45, 7) is 14.9. The van der Waals surface area contributed by atoms with E-state index in [1.165, 1.54) is 51.6 Å². The number of nitrogens with one attached hydrogen (secondary N) is 1. The summed E-state index contributed by atoms with van der Waals surface area (Å²) in [6.07, 6.45) is 8.33. The molecule has 0 heterocycles. The third kappa shape index (κ3) is 9.90. The van der Waals surface area contributed by atoms with E-state index in [0.717, 1.165) is 6.54 Å². The minimum absolute atomic E-state index is 0.654. The van der Waals surface area contributed by atoms with Gasteiger partial charge in [0.1, 0.15) is 0 Å². The molecule has 1 N–H and O–H groups in total. The molecule has 0 saturated heterocycles. The Morgan fingerprint density at radius 1 is 0.778 bits per heavy atom. The van der Waals surface area contributed by atoms with Crippen LogP contribution in [-0.2, 0) is 0 Å².